The Balaban J connectivity index is 1.80. The third-order valence-electron chi connectivity index (χ3n) is 3.54. The maximum Gasteiger partial charge on any atom is 0.279 e. The van der Waals surface area contributed by atoms with Gasteiger partial charge in [0.15, 0.2) is 12.7 Å². The predicted molar refractivity (Wildman–Crippen MR) is 110 cm³/mol. The van der Waals surface area contributed by atoms with Crippen LogP contribution >= 0.6 is 31.9 Å². The van der Waals surface area contributed by atoms with Crippen LogP contribution in [0.15, 0.2) is 45.3 Å². The van der Waals surface area contributed by atoms with E-state index in [9.17, 15) is 9.59 Å². The highest BCUT2D eigenvalue weighted by atomic mass is 79.9. The zero-order valence-corrected chi connectivity index (χ0v) is 18.3. The van der Waals surface area contributed by atoms with Crippen LogP contribution in [-0.2, 0) is 9.59 Å². The minimum absolute atomic E-state index is 0.242. The fourth-order valence-electron chi connectivity index (χ4n) is 2.22. The Bertz CT molecular complexity index is 819. The highest BCUT2D eigenvalue weighted by Crippen LogP contribution is 2.32. The molecule has 1 atom stereocenters. The average Bonchev–Trinajstić information content (AvgIpc) is 2.58. The molecule has 144 valence electrons. The van der Waals surface area contributed by atoms with Crippen molar-refractivity contribution < 1.29 is 19.1 Å². The second-order valence-electron chi connectivity index (χ2n) is 5.94. The lowest BCUT2D eigenvalue weighted by atomic mass is 10.2. The Kier molecular flexibility index (Phi) is 7.67. The van der Waals surface area contributed by atoms with Gasteiger partial charge in [-0.15, -0.1) is 0 Å². The number of benzene rings is 2. The summed E-state index contributed by atoms with van der Waals surface area (Å²) in [4.78, 5) is 24.0. The van der Waals surface area contributed by atoms with E-state index in [0.29, 0.717) is 11.5 Å². The number of carbonyl (C=O) groups is 2. The number of hydrazine groups is 1. The highest BCUT2D eigenvalue weighted by molar-refractivity contribution is 9.11. The van der Waals surface area contributed by atoms with Gasteiger partial charge in [-0.1, -0.05) is 28.1 Å². The number of ether oxygens (including phenoxy) is 2. The minimum atomic E-state index is -0.768. The van der Waals surface area contributed by atoms with Gasteiger partial charge < -0.3 is 9.47 Å². The van der Waals surface area contributed by atoms with Crippen molar-refractivity contribution in [2.75, 3.05) is 6.61 Å². The van der Waals surface area contributed by atoms with E-state index in [-0.39, 0.29) is 6.61 Å². The smallest absolute Gasteiger partial charge is 0.279 e. The normalized spacial score (nSPS) is 11.4. The molecule has 2 rings (SSSR count). The molecule has 2 aromatic rings. The summed E-state index contributed by atoms with van der Waals surface area (Å²) in [5.74, 6) is 0.199. The van der Waals surface area contributed by atoms with Crippen LogP contribution in [0, 0.1) is 13.8 Å². The van der Waals surface area contributed by atoms with Crippen LogP contribution in [0.3, 0.4) is 0 Å². The summed E-state index contributed by atoms with van der Waals surface area (Å²) in [7, 11) is 0. The topological polar surface area (TPSA) is 76.7 Å². The fraction of sp³-hybridized carbons (Fsp3) is 0.263. The Labute approximate surface area is 174 Å². The van der Waals surface area contributed by atoms with Crippen molar-refractivity contribution in [2.45, 2.75) is 26.9 Å². The lowest BCUT2D eigenvalue weighted by Gasteiger charge is -2.16. The molecule has 2 aromatic carbocycles. The summed E-state index contributed by atoms with van der Waals surface area (Å²) in [5.41, 5.74) is 6.54. The van der Waals surface area contributed by atoms with Crippen molar-refractivity contribution in [3.63, 3.8) is 0 Å². The molecule has 1 unspecified atom stereocenters. The van der Waals surface area contributed by atoms with E-state index in [1.54, 1.807) is 13.0 Å². The molecule has 0 aliphatic heterocycles. The summed E-state index contributed by atoms with van der Waals surface area (Å²) in [5, 5.41) is 0. The summed E-state index contributed by atoms with van der Waals surface area (Å²) in [6.07, 6.45) is -0.768. The van der Waals surface area contributed by atoms with Gasteiger partial charge >= 0.3 is 0 Å². The molecule has 2 amide bonds. The van der Waals surface area contributed by atoms with Crippen molar-refractivity contribution in [2.24, 2.45) is 0 Å². The minimum Gasteiger partial charge on any atom is -0.482 e. The molecule has 0 aliphatic rings. The molecular formula is C19H20Br2N2O4. The van der Waals surface area contributed by atoms with Crippen molar-refractivity contribution in [1.29, 1.82) is 0 Å². The second kappa shape index (κ2) is 9.75. The van der Waals surface area contributed by atoms with Gasteiger partial charge in [-0.3, -0.25) is 20.4 Å². The first-order valence-electron chi connectivity index (χ1n) is 8.16. The van der Waals surface area contributed by atoms with E-state index in [0.717, 1.165) is 20.1 Å². The van der Waals surface area contributed by atoms with Gasteiger partial charge in [-0.05, 0) is 72.1 Å². The van der Waals surface area contributed by atoms with Gasteiger partial charge in [-0.25, -0.2) is 0 Å². The molecule has 0 radical (unpaired) electrons. The molecule has 8 heteroatoms. The van der Waals surface area contributed by atoms with E-state index in [2.05, 4.69) is 42.7 Å². The third-order valence-corrected chi connectivity index (χ3v) is 4.59. The third kappa shape index (κ3) is 6.55. The van der Waals surface area contributed by atoms with Crippen LogP contribution in [0.5, 0.6) is 11.5 Å². The standard InChI is InChI=1S/C19H20Br2N2O4/c1-11-5-4-6-15(7-11)27-13(3)19(25)23-22-17(24)10-26-18-12(2)8-14(20)9-16(18)21/h4-9,13H,10H2,1-3H3,(H,22,24)(H,23,25). The first-order valence-corrected chi connectivity index (χ1v) is 9.75. The molecule has 6 nitrogen and oxygen atoms in total. The lowest BCUT2D eigenvalue weighted by molar-refractivity contribution is -0.133. The van der Waals surface area contributed by atoms with E-state index >= 15 is 0 Å². The van der Waals surface area contributed by atoms with Gasteiger partial charge in [0.1, 0.15) is 11.5 Å². The number of halogens is 2. The molecule has 0 heterocycles. The van der Waals surface area contributed by atoms with Gasteiger partial charge in [0.2, 0.25) is 0 Å². The van der Waals surface area contributed by atoms with Crippen molar-refractivity contribution in [1.82, 2.24) is 10.9 Å². The maximum atomic E-state index is 12.1. The average molecular weight is 500 g/mol. The quantitative estimate of drug-likeness (QED) is 0.592. The SMILES string of the molecule is Cc1cccc(OC(C)C(=O)NNC(=O)COc2c(C)cc(Br)cc2Br)c1. The Morgan fingerprint density at radius 1 is 1.11 bits per heavy atom. The molecule has 0 bridgehead atoms. The van der Waals surface area contributed by atoms with Gasteiger partial charge in [-0.2, -0.15) is 0 Å². The van der Waals surface area contributed by atoms with Crippen LogP contribution in [0.4, 0.5) is 0 Å². The largest absolute Gasteiger partial charge is 0.482 e. The molecule has 0 spiro atoms. The zero-order valence-electron chi connectivity index (χ0n) is 15.1. The number of amides is 2. The molecule has 0 aliphatic carbocycles. The second-order valence-corrected chi connectivity index (χ2v) is 7.71. The summed E-state index contributed by atoms with van der Waals surface area (Å²) in [6.45, 7) is 5.16. The van der Waals surface area contributed by atoms with Gasteiger partial charge in [0.25, 0.3) is 11.8 Å². The zero-order chi connectivity index (χ0) is 20.0. The predicted octanol–water partition coefficient (Wildman–Crippen LogP) is 3.82. The molecule has 0 saturated heterocycles. The molecule has 27 heavy (non-hydrogen) atoms. The first-order chi connectivity index (χ1) is 12.8. The summed E-state index contributed by atoms with van der Waals surface area (Å²) >= 11 is 6.78. The van der Waals surface area contributed by atoms with Gasteiger partial charge in [0, 0.05) is 4.47 Å². The van der Waals surface area contributed by atoms with E-state index < -0.39 is 17.9 Å². The molecular weight excluding hydrogens is 480 g/mol. The Hall–Kier alpha value is -2.06. The van der Waals surface area contributed by atoms with Crippen LogP contribution in [-0.4, -0.2) is 24.5 Å². The van der Waals surface area contributed by atoms with E-state index in [1.807, 2.05) is 44.2 Å². The Morgan fingerprint density at radius 2 is 1.85 bits per heavy atom. The summed E-state index contributed by atoms with van der Waals surface area (Å²) < 4.78 is 12.7. The number of carbonyl (C=O) groups excluding carboxylic acids is 2. The number of rotatable bonds is 6. The molecule has 0 fully saturated rings. The number of hydrogen-bond acceptors (Lipinski definition) is 4. The molecule has 0 saturated carbocycles. The van der Waals surface area contributed by atoms with Crippen molar-refractivity contribution >= 4 is 43.7 Å². The first kappa shape index (κ1) is 21.2. The van der Waals surface area contributed by atoms with Crippen molar-refractivity contribution in [3.8, 4) is 11.5 Å². The number of nitrogens with one attached hydrogen (secondary N) is 2. The maximum absolute atomic E-state index is 12.1. The molecule has 0 aromatic heterocycles. The Morgan fingerprint density at radius 3 is 2.52 bits per heavy atom. The summed E-state index contributed by atoms with van der Waals surface area (Å²) in [6, 6.07) is 11.1. The van der Waals surface area contributed by atoms with Crippen LogP contribution in [0.1, 0.15) is 18.1 Å². The monoisotopic (exact) mass is 498 g/mol. The van der Waals surface area contributed by atoms with Crippen LogP contribution in [0.25, 0.3) is 0 Å². The van der Waals surface area contributed by atoms with Crippen LogP contribution in [0.2, 0.25) is 0 Å². The number of aryl methyl sites for hydroxylation is 2. The number of hydrogen-bond donors (Lipinski definition) is 2. The van der Waals surface area contributed by atoms with Crippen molar-refractivity contribution in [3.05, 3.63) is 56.5 Å². The molecule has 2 N–H and O–H groups in total. The lowest BCUT2D eigenvalue weighted by Crippen LogP contribution is -2.48. The highest BCUT2D eigenvalue weighted by Gasteiger charge is 2.16. The fourth-order valence-corrected chi connectivity index (χ4v) is 3.78. The van der Waals surface area contributed by atoms with Gasteiger partial charge in [0.05, 0.1) is 4.47 Å². The van der Waals surface area contributed by atoms with Crippen LogP contribution < -0.4 is 20.3 Å². The van der Waals surface area contributed by atoms with E-state index in [4.69, 9.17) is 9.47 Å². The van der Waals surface area contributed by atoms with E-state index in [1.165, 1.54) is 0 Å².